The van der Waals surface area contributed by atoms with E-state index < -0.39 is 23.9 Å². The minimum absolute atomic E-state index is 0.0211. The SMILES string of the molecule is C[C@@H]1C(O)CCC(C)(C)C1CCC1(C)CCC=C2C3CC(C)(C)CCC3(C(=O)O[C@H]3CC(O)CC(CO)O3)CC[C@]21C. The van der Waals surface area contributed by atoms with E-state index in [4.69, 9.17) is 9.47 Å². The lowest BCUT2D eigenvalue weighted by Crippen LogP contribution is -2.57. The first kappa shape index (κ1) is 32.4. The Balaban J connectivity index is 1.40. The van der Waals surface area contributed by atoms with Gasteiger partial charge < -0.3 is 24.8 Å². The summed E-state index contributed by atoms with van der Waals surface area (Å²) in [6.07, 6.45) is 12.1. The topological polar surface area (TPSA) is 96.2 Å². The molecule has 0 radical (unpaired) electrons. The molecule has 6 heteroatoms. The van der Waals surface area contributed by atoms with Gasteiger partial charge >= 0.3 is 5.97 Å². The van der Waals surface area contributed by atoms with Crippen LogP contribution in [0.1, 0.15) is 132 Å². The minimum atomic E-state index is -0.807. The molecule has 0 bridgehead atoms. The molecule has 4 fully saturated rings. The number of fused-ring (bicyclic) bond motifs is 3. The van der Waals surface area contributed by atoms with Crippen molar-refractivity contribution in [3.8, 4) is 0 Å². The van der Waals surface area contributed by atoms with Gasteiger partial charge in [-0.25, -0.2) is 0 Å². The molecule has 0 aromatic rings. The Labute approximate surface area is 255 Å². The lowest BCUT2D eigenvalue weighted by molar-refractivity contribution is -0.234. The zero-order valence-electron chi connectivity index (χ0n) is 27.6. The van der Waals surface area contributed by atoms with Crippen LogP contribution in [0.3, 0.4) is 0 Å². The van der Waals surface area contributed by atoms with Gasteiger partial charge in [-0.2, -0.15) is 0 Å². The Morgan fingerprint density at radius 1 is 1.00 bits per heavy atom. The van der Waals surface area contributed by atoms with Gasteiger partial charge in [0, 0.05) is 12.8 Å². The molecule has 5 aliphatic rings. The lowest BCUT2D eigenvalue weighted by atomic mass is 9.41. The molecule has 6 nitrogen and oxygen atoms in total. The van der Waals surface area contributed by atoms with Gasteiger partial charge in [-0.05, 0) is 110 Å². The second-order valence-corrected chi connectivity index (χ2v) is 17.2. The maximum absolute atomic E-state index is 14.2. The number of aliphatic hydroxyl groups is 3. The number of hydrogen-bond donors (Lipinski definition) is 3. The molecule has 0 aromatic heterocycles. The molecule has 0 aromatic carbocycles. The number of aliphatic hydroxyl groups excluding tert-OH is 3. The first-order chi connectivity index (χ1) is 19.6. The van der Waals surface area contributed by atoms with Gasteiger partial charge in [0.25, 0.3) is 0 Å². The molecule has 4 aliphatic carbocycles. The molecule has 1 saturated heterocycles. The molecular weight excluding hydrogens is 528 g/mol. The monoisotopic (exact) mass is 588 g/mol. The molecular formula is C36H60O6. The third-order valence-corrected chi connectivity index (χ3v) is 13.7. The van der Waals surface area contributed by atoms with Gasteiger partial charge in [-0.1, -0.05) is 60.1 Å². The summed E-state index contributed by atoms with van der Waals surface area (Å²) in [6, 6.07) is 0. The van der Waals surface area contributed by atoms with Gasteiger partial charge in [0.15, 0.2) is 0 Å². The Morgan fingerprint density at radius 3 is 2.43 bits per heavy atom. The maximum Gasteiger partial charge on any atom is 0.314 e. The van der Waals surface area contributed by atoms with Crippen LogP contribution in [0.2, 0.25) is 0 Å². The van der Waals surface area contributed by atoms with Crippen LogP contribution in [0.15, 0.2) is 11.6 Å². The highest BCUT2D eigenvalue weighted by molar-refractivity contribution is 5.79. The molecule has 1 aliphatic heterocycles. The van der Waals surface area contributed by atoms with Crippen LogP contribution < -0.4 is 0 Å². The van der Waals surface area contributed by atoms with E-state index in [0.29, 0.717) is 18.3 Å². The normalized spacial score (nSPS) is 46.6. The van der Waals surface area contributed by atoms with Crippen LogP contribution in [0.4, 0.5) is 0 Å². The summed E-state index contributed by atoms with van der Waals surface area (Å²) >= 11 is 0. The number of carbonyl (C=O) groups is 1. The van der Waals surface area contributed by atoms with Crippen molar-refractivity contribution in [2.45, 2.75) is 157 Å². The molecule has 3 saturated carbocycles. The lowest BCUT2D eigenvalue weighted by Gasteiger charge is -2.62. The predicted octanol–water partition coefficient (Wildman–Crippen LogP) is 6.94. The van der Waals surface area contributed by atoms with Crippen LogP contribution >= 0.6 is 0 Å². The van der Waals surface area contributed by atoms with E-state index in [-0.39, 0.29) is 52.7 Å². The zero-order chi connectivity index (χ0) is 30.7. The molecule has 3 N–H and O–H groups in total. The fraction of sp³-hybridized carbons (Fsp3) is 0.917. The van der Waals surface area contributed by atoms with Crippen LogP contribution in [0.25, 0.3) is 0 Å². The van der Waals surface area contributed by atoms with Gasteiger partial charge in [-0.15, -0.1) is 0 Å². The quantitative estimate of drug-likeness (QED) is 0.230. The Hall–Kier alpha value is -0.950. The van der Waals surface area contributed by atoms with Gasteiger partial charge in [-0.3, -0.25) is 4.79 Å². The van der Waals surface area contributed by atoms with E-state index in [1.54, 1.807) is 0 Å². The molecule has 1 heterocycles. The smallest absolute Gasteiger partial charge is 0.314 e. The predicted molar refractivity (Wildman–Crippen MR) is 164 cm³/mol. The average Bonchev–Trinajstić information content (AvgIpc) is 2.91. The minimum Gasteiger partial charge on any atom is -0.435 e. The molecule has 42 heavy (non-hydrogen) atoms. The van der Waals surface area contributed by atoms with E-state index in [0.717, 1.165) is 64.2 Å². The third-order valence-electron chi connectivity index (χ3n) is 13.7. The highest BCUT2D eigenvalue weighted by Gasteiger charge is 2.63. The highest BCUT2D eigenvalue weighted by atomic mass is 16.7. The Bertz CT molecular complexity index is 1030. The first-order valence-electron chi connectivity index (χ1n) is 17.1. The van der Waals surface area contributed by atoms with Crippen molar-refractivity contribution < 1.29 is 29.6 Å². The van der Waals surface area contributed by atoms with E-state index >= 15 is 0 Å². The maximum atomic E-state index is 14.2. The number of carbonyl (C=O) groups excluding carboxylic acids is 1. The number of allylic oxidation sites excluding steroid dienone is 2. The van der Waals surface area contributed by atoms with Crippen molar-refractivity contribution in [1.29, 1.82) is 0 Å². The van der Waals surface area contributed by atoms with Crippen LogP contribution in [-0.4, -0.2) is 52.5 Å². The third kappa shape index (κ3) is 5.65. The number of ether oxygens (including phenoxy) is 2. The van der Waals surface area contributed by atoms with E-state index in [9.17, 15) is 20.1 Å². The van der Waals surface area contributed by atoms with Crippen molar-refractivity contribution >= 4 is 5.97 Å². The van der Waals surface area contributed by atoms with Crippen molar-refractivity contribution in [2.24, 2.45) is 44.8 Å². The van der Waals surface area contributed by atoms with E-state index in [1.165, 1.54) is 12.0 Å². The summed E-state index contributed by atoms with van der Waals surface area (Å²) in [5, 5.41) is 30.7. The zero-order valence-corrected chi connectivity index (χ0v) is 27.6. The van der Waals surface area contributed by atoms with Crippen LogP contribution in [0, 0.1) is 44.8 Å². The molecule has 0 amide bonds. The number of rotatable bonds is 6. The fourth-order valence-corrected chi connectivity index (χ4v) is 10.3. The van der Waals surface area contributed by atoms with Crippen LogP contribution in [-0.2, 0) is 14.3 Å². The fourth-order valence-electron chi connectivity index (χ4n) is 10.3. The van der Waals surface area contributed by atoms with Crippen molar-refractivity contribution in [3.63, 3.8) is 0 Å². The summed E-state index contributed by atoms with van der Waals surface area (Å²) in [5.74, 6) is 0.806. The number of esters is 1. The molecule has 5 rings (SSSR count). The molecule has 10 atom stereocenters. The van der Waals surface area contributed by atoms with E-state index in [1.807, 2.05) is 0 Å². The summed E-state index contributed by atoms with van der Waals surface area (Å²) in [7, 11) is 0. The van der Waals surface area contributed by atoms with Crippen molar-refractivity contribution in [2.75, 3.05) is 6.61 Å². The van der Waals surface area contributed by atoms with Crippen molar-refractivity contribution in [3.05, 3.63) is 11.6 Å². The van der Waals surface area contributed by atoms with Crippen molar-refractivity contribution in [1.82, 2.24) is 0 Å². The highest BCUT2D eigenvalue weighted by Crippen LogP contribution is 2.69. The molecule has 7 unspecified atom stereocenters. The van der Waals surface area contributed by atoms with Crippen LogP contribution in [0.5, 0.6) is 0 Å². The van der Waals surface area contributed by atoms with Gasteiger partial charge in [0.05, 0.1) is 30.3 Å². The largest absolute Gasteiger partial charge is 0.435 e. The summed E-state index contributed by atoms with van der Waals surface area (Å²) in [5.41, 5.74) is 1.47. The Kier molecular flexibility index (Phi) is 8.84. The second kappa shape index (κ2) is 11.4. The second-order valence-electron chi connectivity index (χ2n) is 17.2. The first-order valence-corrected chi connectivity index (χ1v) is 17.1. The standard InChI is InChI=1S/C36H60O6/c1-23-26(33(4,5)13-11-29(23)39)10-14-34(6)12-8-9-27-28-21-32(2,3)15-17-36(28,18-16-35(27,34)7)31(40)42-30-20-24(38)19-25(22-37)41-30/h9,23-26,28-30,37-39H,8,10-22H2,1-7H3/t23-,24?,25?,26?,28?,29?,30-,34?,35+,36?/m0/s1. The average molecular weight is 589 g/mol. The Morgan fingerprint density at radius 2 is 1.71 bits per heavy atom. The number of hydrogen-bond acceptors (Lipinski definition) is 6. The summed E-state index contributed by atoms with van der Waals surface area (Å²) in [6.45, 7) is 16.6. The molecule has 240 valence electrons. The summed E-state index contributed by atoms with van der Waals surface area (Å²) in [4.78, 5) is 14.2. The van der Waals surface area contributed by atoms with Gasteiger partial charge in [0.1, 0.15) is 0 Å². The summed E-state index contributed by atoms with van der Waals surface area (Å²) < 4.78 is 12.0. The van der Waals surface area contributed by atoms with E-state index in [2.05, 4.69) is 54.5 Å². The van der Waals surface area contributed by atoms with Gasteiger partial charge in [0.2, 0.25) is 6.29 Å². The molecule has 0 spiro atoms.